The second-order valence-electron chi connectivity index (χ2n) is 5.51. The van der Waals surface area contributed by atoms with Gasteiger partial charge in [0.1, 0.15) is 0 Å². The van der Waals surface area contributed by atoms with Gasteiger partial charge >= 0.3 is 0 Å². The third-order valence-electron chi connectivity index (χ3n) is 4.83. The zero-order valence-corrected chi connectivity index (χ0v) is 9.84. The minimum Gasteiger partial charge on any atom is -0.383 e. The molecule has 2 saturated carbocycles. The molecule has 2 nitrogen and oxygen atoms in total. The van der Waals surface area contributed by atoms with Crippen molar-refractivity contribution < 1.29 is 4.84 Å². The number of oxime groups is 1. The highest BCUT2D eigenvalue weighted by molar-refractivity contribution is 5.93. The van der Waals surface area contributed by atoms with Gasteiger partial charge in [0.2, 0.25) is 0 Å². The Kier molecular flexibility index (Phi) is 2.30. The molecule has 2 aliphatic carbocycles. The van der Waals surface area contributed by atoms with Gasteiger partial charge in [0, 0.05) is 5.41 Å². The van der Waals surface area contributed by atoms with Gasteiger partial charge in [-0.25, -0.2) is 0 Å². The Hall–Kier alpha value is -0.970. The van der Waals surface area contributed by atoms with Gasteiger partial charge in [0.15, 0.2) is 6.61 Å². The summed E-state index contributed by atoms with van der Waals surface area (Å²) in [5, 5.41) is 4.24. The molecule has 2 bridgehead atoms. The number of rotatable bonds is 2. The summed E-state index contributed by atoms with van der Waals surface area (Å²) in [6.07, 6.45) is 8.79. The van der Waals surface area contributed by atoms with E-state index in [0.717, 1.165) is 12.3 Å². The minimum atomic E-state index is 0.228. The van der Waals surface area contributed by atoms with Crippen molar-refractivity contribution in [2.45, 2.75) is 40.0 Å². The molecule has 0 aliphatic heterocycles. The SMILES string of the molecule is C#CCO/N=C1/CC2CCC1(C)C2(C)C. The topological polar surface area (TPSA) is 21.6 Å². The van der Waals surface area contributed by atoms with Crippen LogP contribution in [0.15, 0.2) is 5.16 Å². The van der Waals surface area contributed by atoms with Crippen molar-refractivity contribution in [1.82, 2.24) is 0 Å². The van der Waals surface area contributed by atoms with E-state index < -0.39 is 0 Å². The molecule has 15 heavy (non-hydrogen) atoms. The van der Waals surface area contributed by atoms with Crippen LogP contribution in [0, 0.1) is 29.1 Å². The van der Waals surface area contributed by atoms with Crippen LogP contribution in [0.1, 0.15) is 40.0 Å². The fourth-order valence-electron chi connectivity index (χ4n) is 3.21. The lowest BCUT2D eigenvalue weighted by atomic mass is 9.70. The molecule has 2 aliphatic rings. The van der Waals surface area contributed by atoms with E-state index in [4.69, 9.17) is 11.3 Å². The van der Waals surface area contributed by atoms with Crippen molar-refractivity contribution in [2.75, 3.05) is 6.61 Å². The number of nitrogens with zero attached hydrogens (tertiary/aromatic N) is 1. The summed E-state index contributed by atoms with van der Waals surface area (Å²) in [5.74, 6) is 3.21. The maximum atomic E-state index is 5.13. The van der Waals surface area contributed by atoms with E-state index in [2.05, 4.69) is 31.8 Å². The third kappa shape index (κ3) is 1.29. The maximum absolute atomic E-state index is 5.13. The van der Waals surface area contributed by atoms with Gasteiger partial charge in [-0.05, 0) is 30.6 Å². The molecule has 2 heteroatoms. The largest absolute Gasteiger partial charge is 0.383 e. The first-order valence-corrected chi connectivity index (χ1v) is 5.65. The quantitative estimate of drug-likeness (QED) is 0.386. The zero-order chi connectivity index (χ0) is 11.1. The molecule has 2 rings (SSSR count). The van der Waals surface area contributed by atoms with E-state index in [0.29, 0.717) is 5.41 Å². The minimum absolute atomic E-state index is 0.228. The second kappa shape index (κ2) is 3.27. The van der Waals surface area contributed by atoms with Crippen LogP contribution in [0.2, 0.25) is 0 Å². The van der Waals surface area contributed by atoms with Crippen LogP contribution in [-0.2, 0) is 4.84 Å². The normalized spacial score (nSPS) is 39.3. The van der Waals surface area contributed by atoms with Gasteiger partial charge in [-0.1, -0.05) is 31.8 Å². The van der Waals surface area contributed by atoms with Crippen molar-refractivity contribution >= 4 is 5.71 Å². The Morgan fingerprint density at radius 1 is 1.53 bits per heavy atom. The molecule has 0 spiro atoms. The van der Waals surface area contributed by atoms with Crippen LogP contribution in [-0.4, -0.2) is 12.3 Å². The van der Waals surface area contributed by atoms with Gasteiger partial charge < -0.3 is 4.84 Å². The van der Waals surface area contributed by atoms with E-state index in [1.165, 1.54) is 18.6 Å². The molecule has 2 atom stereocenters. The molecule has 0 aromatic carbocycles. The molecular weight excluding hydrogens is 186 g/mol. The summed E-state index contributed by atoms with van der Waals surface area (Å²) in [4.78, 5) is 5.13. The van der Waals surface area contributed by atoms with E-state index in [1.54, 1.807) is 0 Å². The lowest BCUT2D eigenvalue weighted by Crippen LogP contribution is -2.32. The highest BCUT2D eigenvalue weighted by atomic mass is 16.6. The van der Waals surface area contributed by atoms with Gasteiger partial charge in [-0.3, -0.25) is 0 Å². The van der Waals surface area contributed by atoms with E-state index >= 15 is 0 Å². The smallest absolute Gasteiger partial charge is 0.177 e. The Bertz CT molecular complexity index is 337. The Morgan fingerprint density at radius 3 is 2.73 bits per heavy atom. The number of hydrogen-bond donors (Lipinski definition) is 0. The summed E-state index contributed by atoms with van der Waals surface area (Å²) >= 11 is 0. The van der Waals surface area contributed by atoms with Gasteiger partial charge in [-0.15, -0.1) is 6.42 Å². The van der Waals surface area contributed by atoms with Crippen LogP contribution < -0.4 is 0 Å². The molecule has 0 saturated heterocycles. The third-order valence-corrected chi connectivity index (χ3v) is 4.83. The average Bonchev–Trinajstić information content (AvgIpc) is 2.51. The van der Waals surface area contributed by atoms with Crippen LogP contribution in [0.4, 0.5) is 0 Å². The summed E-state index contributed by atoms with van der Waals surface area (Å²) in [5.41, 5.74) is 1.82. The monoisotopic (exact) mass is 205 g/mol. The first-order valence-electron chi connectivity index (χ1n) is 5.65. The van der Waals surface area contributed by atoms with E-state index in [1.807, 2.05) is 0 Å². The highest BCUT2D eigenvalue weighted by Gasteiger charge is 2.60. The molecule has 2 fully saturated rings. The molecule has 82 valence electrons. The number of terminal acetylenes is 1. The Morgan fingerprint density at radius 2 is 2.27 bits per heavy atom. The first-order chi connectivity index (χ1) is 7.02. The van der Waals surface area contributed by atoms with Crippen molar-refractivity contribution in [3.05, 3.63) is 0 Å². The predicted octanol–water partition coefficient (Wildman–Crippen LogP) is 2.84. The fourth-order valence-corrected chi connectivity index (χ4v) is 3.21. The molecule has 0 N–H and O–H groups in total. The Labute approximate surface area is 92.1 Å². The summed E-state index contributed by atoms with van der Waals surface area (Å²) < 4.78 is 0. The first kappa shape index (κ1) is 10.5. The van der Waals surface area contributed by atoms with Crippen molar-refractivity contribution in [3.8, 4) is 12.3 Å². The lowest BCUT2D eigenvalue weighted by Gasteiger charge is -2.34. The molecule has 0 aromatic heterocycles. The standard InChI is InChI=1S/C13H19NO/c1-5-8-15-14-11-9-10-6-7-13(11,4)12(10,2)3/h1,10H,6-9H2,2-4H3/b14-11-. The predicted molar refractivity (Wildman–Crippen MR) is 61.4 cm³/mol. The van der Waals surface area contributed by atoms with Gasteiger partial charge in [0.05, 0.1) is 5.71 Å². The maximum Gasteiger partial charge on any atom is 0.177 e. The van der Waals surface area contributed by atoms with Gasteiger partial charge in [0.25, 0.3) is 0 Å². The van der Waals surface area contributed by atoms with Crippen molar-refractivity contribution in [3.63, 3.8) is 0 Å². The van der Waals surface area contributed by atoms with Crippen LogP contribution in [0.5, 0.6) is 0 Å². The van der Waals surface area contributed by atoms with Crippen LogP contribution >= 0.6 is 0 Å². The molecule has 0 radical (unpaired) electrons. The van der Waals surface area contributed by atoms with Crippen LogP contribution in [0.3, 0.4) is 0 Å². The summed E-state index contributed by atoms with van der Waals surface area (Å²) in [6, 6.07) is 0. The molecule has 0 aromatic rings. The fraction of sp³-hybridized carbons (Fsp3) is 0.769. The Balaban J connectivity index is 2.19. The molecule has 2 unspecified atom stereocenters. The van der Waals surface area contributed by atoms with Crippen molar-refractivity contribution in [1.29, 1.82) is 0 Å². The van der Waals surface area contributed by atoms with E-state index in [9.17, 15) is 0 Å². The number of fused-ring (bicyclic) bond motifs is 2. The molecule has 0 heterocycles. The van der Waals surface area contributed by atoms with Crippen LogP contribution in [0.25, 0.3) is 0 Å². The van der Waals surface area contributed by atoms with Crippen molar-refractivity contribution in [2.24, 2.45) is 21.9 Å². The summed E-state index contributed by atoms with van der Waals surface area (Å²) in [6.45, 7) is 7.31. The number of hydrogen-bond acceptors (Lipinski definition) is 2. The second-order valence-corrected chi connectivity index (χ2v) is 5.51. The zero-order valence-electron chi connectivity index (χ0n) is 9.84. The highest BCUT2D eigenvalue weighted by Crippen LogP contribution is 2.63. The summed E-state index contributed by atoms with van der Waals surface area (Å²) in [7, 11) is 0. The lowest BCUT2D eigenvalue weighted by molar-refractivity contribution is 0.164. The molecular formula is C13H19NO. The van der Waals surface area contributed by atoms with E-state index in [-0.39, 0.29) is 12.0 Å². The average molecular weight is 205 g/mol. The molecule has 0 amide bonds. The van der Waals surface area contributed by atoms with Gasteiger partial charge in [-0.2, -0.15) is 0 Å².